The molecule has 0 heterocycles. The molecule has 0 amide bonds. The van der Waals surface area contributed by atoms with E-state index in [-0.39, 0.29) is 32.2 Å². The Morgan fingerprint density at radius 1 is 0.615 bits per heavy atom. The van der Waals surface area contributed by atoms with Gasteiger partial charge < -0.3 is 29.4 Å². The molecule has 0 bridgehead atoms. The lowest BCUT2D eigenvalue weighted by Crippen LogP contribution is -1.66. The molecular formula is CH12Cl2O8P2. The molecule has 0 fully saturated rings. The molecule has 0 aromatic carbocycles. The molecule has 0 rings (SSSR count). The van der Waals surface area contributed by atoms with Crippen LogP contribution in [0.3, 0.4) is 0 Å². The Bertz CT molecular complexity index is 132. The highest BCUT2D eigenvalue weighted by atomic mass is 35.5. The predicted octanol–water partition coefficient (Wildman–Crippen LogP) is -0.377. The first-order valence-corrected chi connectivity index (χ1v) is 4.70. The van der Waals surface area contributed by atoms with E-state index in [0.717, 1.165) is 0 Å². The Balaban J connectivity index is -0.0000000267. The second-order valence-corrected chi connectivity index (χ2v) is 3.08. The van der Waals surface area contributed by atoms with E-state index < -0.39 is 15.6 Å². The van der Waals surface area contributed by atoms with Crippen LogP contribution >= 0.6 is 40.5 Å². The number of hydrogen-bond acceptors (Lipinski definition) is 2. The fourth-order valence-electron chi connectivity index (χ4n) is 0. The van der Waals surface area contributed by atoms with Gasteiger partial charge in [-0.1, -0.05) is 7.43 Å². The Morgan fingerprint density at radius 3 is 0.615 bits per heavy atom. The molecule has 0 aliphatic carbocycles. The smallest absolute Gasteiger partial charge is 0.303 e. The van der Waals surface area contributed by atoms with Crippen LogP contribution in [0.25, 0.3) is 0 Å². The van der Waals surface area contributed by atoms with Crippen molar-refractivity contribution in [2.75, 3.05) is 0 Å². The summed E-state index contributed by atoms with van der Waals surface area (Å²) >= 11 is 0. The van der Waals surface area contributed by atoms with Crippen LogP contribution in [0.15, 0.2) is 0 Å². The van der Waals surface area contributed by atoms with E-state index >= 15 is 0 Å². The van der Waals surface area contributed by atoms with Gasteiger partial charge in [0.15, 0.2) is 0 Å². The van der Waals surface area contributed by atoms with Crippen LogP contribution in [-0.4, -0.2) is 29.4 Å². The highest BCUT2D eigenvalue weighted by molar-refractivity contribution is 7.45. The summed E-state index contributed by atoms with van der Waals surface area (Å²) in [6, 6.07) is 0. The molecule has 0 aliphatic rings. The van der Waals surface area contributed by atoms with Gasteiger partial charge in [0.1, 0.15) is 0 Å². The lowest BCUT2D eigenvalue weighted by Gasteiger charge is -1.82. The molecular weight excluding hydrogens is 273 g/mol. The van der Waals surface area contributed by atoms with Crippen LogP contribution in [0.1, 0.15) is 7.43 Å². The summed E-state index contributed by atoms with van der Waals surface area (Å²) in [5, 5.41) is 0. The molecule has 6 N–H and O–H groups in total. The summed E-state index contributed by atoms with van der Waals surface area (Å²) in [4.78, 5) is 43.1. The van der Waals surface area contributed by atoms with Gasteiger partial charge in [-0.05, 0) is 0 Å². The van der Waals surface area contributed by atoms with Crippen molar-refractivity contribution in [1.82, 2.24) is 0 Å². The minimum Gasteiger partial charge on any atom is -0.303 e. The van der Waals surface area contributed by atoms with Gasteiger partial charge >= 0.3 is 15.6 Å². The van der Waals surface area contributed by atoms with E-state index in [4.69, 9.17) is 38.5 Å². The number of phosphoric acid groups is 2. The second kappa shape index (κ2) is 10.9. The number of hydrogen-bond donors (Lipinski definition) is 6. The maximum absolute atomic E-state index is 8.88. The third-order valence-corrected chi connectivity index (χ3v) is 0. The van der Waals surface area contributed by atoms with E-state index in [2.05, 4.69) is 0 Å². The lowest BCUT2D eigenvalue weighted by atomic mass is 12.0. The van der Waals surface area contributed by atoms with Gasteiger partial charge in [0.2, 0.25) is 0 Å². The van der Waals surface area contributed by atoms with Gasteiger partial charge in [0.25, 0.3) is 0 Å². The van der Waals surface area contributed by atoms with Crippen LogP contribution in [0.5, 0.6) is 0 Å². The van der Waals surface area contributed by atoms with Crippen molar-refractivity contribution in [3.8, 4) is 0 Å². The summed E-state index contributed by atoms with van der Waals surface area (Å²) in [6.45, 7) is 0. The fourth-order valence-corrected chi connectivity index (χ4v) is 0. The van der Waals surface area contributed by atoms with Gasteiger partial charge in [-0.15, -0.1) is 24.8 Å². The molecule has 13 heavy (non-hydrogen) atoms. The minimum absolute atomic E-state index is 0. The van der Waals surface area contributed by atoms with Crippen molar-refractivity contribution in [3.63, 3.8) is 0 Å². The monoisotopic (exact) mass is 284 g/mol. The van der Waals surface area contributed by atoms with Gasteiger partial charge in [-0.25, -0.2) is 9.13 Å². The summed E-state index contributed by atoms with van der Waals surface area (Å²) in [5.74, 6) is 0. The molecule has 0 radical (unpaired) electrons. The molecule has 0 spiro atoms. The Labute approximate surface area is 86.9 Å². The first kappa shape index (κ1) is 29.2. The minimum atomic E-state index is -4.64. The lowest BCUT2D eigenvalue weighted by molar-refractivity contribution is 0.272. The van der Waals surface area contributed by atoms with Crippen molar-refractivity contribution in [3.05, 3.63) is 0 Å². The molecule has 0 aromatic rings. The number of halogens is 2. The van der Waals surface area contributed by atoms with E-state index in [9.17, 15) is 0 Å². The quantitative estimate of drug-likeness (QED) is 0.329. The van der Waals surface area contributed by atoms with Crippen molar-refractivity contribution in [2.24, 2.45) is 0 Å². The molecule has 12 heteroatoms. The number of rotatable bonds is 0. The third-order valence-electron chi connectivity index (χ3n) is 0. The molecule has 0 saturated heterocycles. The summed E-state index contributed by atoms with van der Waals surface area (Å²) < 4.78 is 17.8. The second-order valence-electron chi connectivity index (χ2n) is 1.03. The van der Waals surface area contributed by atoms with Crippen LogP contribution in [0, 0.1) is 0 Å². The highest BCUT2D eigenvalue weighted by Crippen LogP contribution is 2.26. The third kappa shape index (κ3) is 2330. The van der Waals surface area contributed by atoms with E-state index in [1.54, 1.807) is 0 Å². The van der Waals surface area contributed by atoms with E-state index in [1.165, 1.54) is 0 Å². The van der Waals surface area contributed by atoms with Gasteiger partial charge in [0.05, 0.1) is 0 Å². The largest absolute Gasteiger partial charge is 0.466 e. The van der Waals surface area contributed by atoms with Crippen LogP contribution in [0.2, 0.25) is 0 Å². The molecule has 0 unspecified atom stereocenters. The van der Waals surface area contributed by atoms with Crippen molar-refractivity contribution in [2.45, 2.75) is 7.43 Å². The summed E-state index contributed by atoms with van der Waals surface area (Å²) in [7, 11) is -9.28. The first-order chi connectivity index (χ1) is 4.00. The zero-order chi connectivity index (χ0) is 9.00. The van der Waals surface area contributed by atoms with Gasteiger partial charge in [0, 0.05) is 0 Å². The van der Waals surface area contributed by atoms with Gasteiger partial charge in [-0.2, -0.15) is 0 Å². The molecule has 0 aliphatic heterocycles. The van der Waals surface area contributed by atoms with E-state index in [0.29, 0.717) is 0 Å². The van der Waals surface area contributed by atoms with Crippen LogP contribution < -0.4 is 0 Å². The average Bonchev–Trinajstić information content (AvgIpc) is 1.12. The van der Waals surface area contributed by atoms with Crippen molar-refractivity contribution < 1.29 is 38.5 Å². The summed E-state index contributed by atoms with van der Waals surface area (Å²) in [5.41, 5.74) is 0. The maximum atomic E-state index is 8.88. The Hall–Kier alpha value is 0.800. The zero-order valence-corrected chi connectivity index (χ0v) is 8.63. The fraction of sp³-hybridized carbons (Fsp3) is 1.00. The molecule has 8 nitrogen and oxygen atoms in total. The maximum Gasteiger partial charge on any atom is 0.466 e. The normalized spacial score (nSPS) is 9.08. The van der Waals surface area contributed by atoms with Gasteiger partial charge in [-0.3, -0.25) is 0 Å². The molecule has 0 aromatic heterocycles. The molecule has 0 atom stereocenters. The highest BCUT2D eigenvalue weighted by Gasteiger charge is 2.00. The zero-order valence-electron chi connectivity index (χ0n) is 5.21. The van der Waals surface area contributed by atoms with Crippen molar-refractivity contribution >= 4 is 40.5 Å². The average molecular weight is 285 g/mol. The molecule has 0 saturated carbocycles. The van der Waals surface area contributed by atoms with Crippen LogP contribution in [0.4, 0.5) is 0 Å². The van der Waals surface area contributed by atoms with Crippen LogP contribution in [-0.2, 0) is 9.13 Å². The predicted molar refractivity (Wildman–Crippen MR) is 49.8 cm³/mol. The topological polar surface area (TPSA) is 156 Å². The SMILES string of the molecule is C.Cl.Cl.O=P(O)(O)O.O=P(O)(O)O. The standard InChI is InChI=1S/CH4.2ClH.2H3O4P/c;;;2*1-5(2,3)4/h1H4;2*1H;2*(H3,1,2,3,4). The Kier molecular flexibility index (Phi) is 24.4. The molecule has 88 valence electrons. The summed E-state index contributed by atoms with van der Waals surface area (Å²) in [6.07, 6.45) is 0. The van der Waals surface area contributed by atoms with Crippen molar-refractivity contribution in [1.29, 1.82) is 0 Å². The Morgan fingerprint density at radius 2 is 0.615 bits per heavy atom. The van der Waals surface area contributed by atoms with E-state index in [1.807, 2.05) is 0 Å². The first-order valence-electron chi connectivity index (χ1n) is 1.57.